The third-order valence-electron chi connectivity index (χ3n) is 5.67. The van der Waals surface area contributed by atoms with Gasteiger partial charge in [0.1, 0.15) is 0 Å². The van der Waals surface area contributed by atoms with E-state index in [0.717, 1.165) is 24.8 Å². The molecule has 2 atom stereocenters. The third-order valence-corrected chi connectivity index (χ3v) is 5.67. The van der Waals surface area contributed by atoms with Crippen LogP contribution in [0, 0.1) is 17.3 Å². The Hall–Kier alpha value is -2.09. The first-order valence-corrected chi connectivity index (χ1v) is 9.68. The van der Waals surface area contributed by atoms with E-state index in [1.807, 2.05) is 48.5 Å². The van der Waals surface area contributed by atoms with E-state index < -0.39 is 11.9 Å². The van der Waals surface area contributed by atoms with Gasteiger partial charge in [-0.3, -0.25) is 4.79 Å². The molecule has 0 fully saturated rings. The highest BCUT2D eigenvalue weighted by Crippen LogP contribution is 2.49. The zero-order valence-corrected chi connectivity index (χ0v) is 16.5. The molecule has 2 rings (SSSR count). The minimum Gasteiger partial charge on any atom is -0.481 e. The molecule has 140 valence electrons. The van der Waals surface area contributed by atoms with Crippen LogP contribution in [0.5, 0.6) is 0 Å². The first-order valence-electron chi connectivity index (χ1n) is 9.68. The fourth-order valence-corrected chi connectivity index (χ4v) is 4.06. The molecule has 0 spiro atoms. The molecule has 0 aliphatic heterocycles. The monoisotopic (exact) mass is 352 g/mol. The molecule has 2 nitrogen and oxygen atoms in total. The van der Waals surface area contributed by atoms with Gasteiger partial charge in [-0.05, 0) is 41.2 Å². The fourth-order valence-electron chi connectivity index (χ4n) is 4.06. The quantitative estimate of drug-likeness (QED) is 0.585. The van der Waals surface area contributed by atoms with Crippen LogP contribution in [-0.4, -0.2) is 11.1 Å². The van der Waals surface area contributed by atoms with Crippen LogP contribution in [0.1, 0.15) is 57.6 Å². The number of hydrogen-bond acceptors (Lipinski definition) is 1. The van der Waals surface area contributed by atoms with Gasteiger partial charge in [0.25, 0.3) is 0 Å². The maximum absolute atomic E-state index is 12.5. The fraction of sp³-hybridized carbons (Fsp3) is 0.458. The normalized spacial score (nSPS) is 15.0. The number of rotatable bonds is 9. The second-order valence-corrected chi connectivity index (χ2v) is 8.16. The molecule has 26 heavy (non-hydrogen) atoms. The molecule has 0 saturated carbocycles. The summed E-state index contributed by atoms with van der Waals surface area (Å²) in [6.07, 6.45) is 2.72. The average Bonchev–Trinajstić information content (AvgIpc) is 2.61. The van der Waals surface area contributed by atoms with Gasteiger partial charge >= 0.3 is 5.97 Å². The molecule has 0 aliphatic carbocycles. The van der Waals surface area contributed by atoms with Gasteiger partial charge in [-0.1, -0.05) is 94.8 Å². The molecule has 2 aromatic rings. The van der Waals surface area contributed by atoms with Gasteiger partial charge in [-0.2, -0.15) is 0 Å². The molecular formula is C24H32O2. The molecule has 0 radical (unpaired) electrons. The van der Waals surface area contributed by atoms with E-state index in [-0.39, 0.29) is 11.3 Å². The lowest BCUT2D eigenvalue weighted by atomic mass is 9.59. The van der Waals surface area contributed by atoms with E-state index >= 15 is 0 Å². The van der Waals surface area contributed by atoms with Crippen molar-refractivity contribution in [1.29, 1.82) is 0 Å². The van der Waals surface area contributed by atoms with Crippen molar-refractivity contribution in [2.24, 2.45) is 17.3 Å². The highest BCUT2D eigenvalue weighted by Gasteiger charge is 2.46. The maximum Gasteiger partial charge on any atom is 0.311 e. The van der Waals surface area contributed by atoms with Gasteiger partial charge in [0.2, 0.25) is 0 Å². The van der Waals surface area contributed by atoms with Crippen molar-refractivity contribution in [2.45, 2.75) is 52.9 Å². The number of carbonyl (C=O) groups is 1. The van der Waals surface area contributed by atoms with Crippen molar-refractivity contribution in [3.8, 4) is 0 Å². The van der Waals surface area contributed by atoms with Crippen LogP contribution >= 0.6 is 0 Å². The standard InChI is InChI=1S/C24H32O2/c1-18(2)15-16-24(19(3)4,17-20-11-7-5-8-12-20)22(23(25)26)21-13-9-6-10-14-21/h5-14,18-19,22H,15-17H2,1-4H3,(H,25,26). The number of benzene rings is 2. The molecule has 2 aromatic carbocycles. The summed E-state index contributed by atoms with van der Waals surface area (Å²) in [5.41, 5.74) is 1.80. The summed E-state index contributed by atoms with van der Waals surface area (Å²) >= 11 is 0. The number of carboxylic acid groups (broad SMARTS) is 1. The Kier molecular flexibility index (Phi) is 7.02. The summed E-state index contributed by atoms with van der Waals surface area (Å²) in [5.74, 6) is -0.427. The summed E-state index contributed by atoms with van der Waals surface area (Å²) in [5, 5.41) is 10.3. The first kappa shape index (κ1) is 20.2. The smallest absolute Gasteiger partial charge is 0.311 e. The van der Waals surface area contributed by atoms with Gasteiger partial charge in [0.15, 0.2) is 0 Å². The van der Waals surface area contributed by atoms with Crippen molar-refractivity contribution in [3.63, 3.8) is 0 Å². The third kappa shape index (κ3) is 4.75. The number of carboxylic acids is 1. The van der Waals surface area contributed by atoms with Crippen LogP contribution in [0.4, 0.5) is 0 Å². The van der Waals surface area contributed by atoms with Crippen LogP contribution in [-0.2, 0) is 11.2 Å². The lowest BCUT2D eigenvalue weighted by molar-refractivity contribution is -0.144. The predicted molar refractivity (Wildman–Crippen MR) is 108 cm³/mol. The van der Waals surface area contributed by atoms with Crippen LogP contribution in [0.15, 0.2) is 60.7 Å². The molecule has 0 aromatic heterocycles. The Labute approximate surface area is 158 Å². The molecule has 0 bridgehead atoms. The van der Waals surface area contributed by atoms with Crippen LogP contribution in [0.3, 0.4) is 0 Å². The Morgan fingerprint density at radius 1 is 0.923 bits per heavy atom. The van der Waals surface area contributed by atoms with Crippen LogP contribution < -0.4 is 0 Å². The van der Waals surface area contributed by atoms with Crippen molar-refractivity contribution < 1.29 is 9.90 Å². The average molecular weight is 353 g/mol. The predicted octanol–water partition coefficient (Wildman–Crippen LogP) is 6.18. The number of hydrogen-bond donors (Lipinski definition) is 1. The van der Waals surface area contributed by atoms with Crippen molar-refractivity contribution in [2.75, 3.05) is 0 Å². The number of aliphatic carboxylic acids is 1. The summed E-state index contributed by atoms with van der Waals surface area (Å²) in [4.78, 5) is 12.5. The summed E-state index contributed by atoms with van der Waals surface area (Å²) in [7, 11) is 0. The van der Waals surface area contributed by atoms with E-state index in [1.165, 1.54) is 5.56 Å². The maximum atomic E-state index is 12.5. The molecule has 0 aliphatic rings. The second-order valence-electron chi connectivity index (χ2n) is 8.16. The first-order chi connectivity index (χ1) is 12.4. The molecule has 2 heteroatoms. The second kappa shape index (κ2) is 9.02. The molecule has 1 N–H and O–H groups in total. The highest BCUT2D eigenvalue weighted by atomic mass is 16.4. The molecule has 2 unspecified atom stereocenters. The lowest BCUT2D eigenvalue weighted by Gasteiger charge is -2.43. The topological polar surface area (TPSA) is 37.3 Å². The lowest BCUT2D eigenvalue weighted by Crippen LogP contribution is -2.41. The van der Waals surface area contributed by atoms with Gasteiger partial charge in [-0.15, -0.1) is 0 Å². The Balaban J connectivity index is 2.56. The van der Waals surface area contributed by atoms with E-state index in [0.29, 0.717) is 5.92 Å². The molecule has 0 saturated heterocycles. The van der Waals surface area contributed by atoms with Crippen LogP contribution in [0.25, 0.3) is 0 Å². The molecule has 0 heterocycles. The summed E-state index contributed by atoms with van der Waals surface area (Å²) in [6.45, 7) is 8.79. The van der Waals surface area contributed by atoms with E-state index in [4.69, 9.17) is 0 Å². The van der Waals surface area contributed by atoms with Gasteiger partial charge in [0.05, 0.1) is 5.92 Å². The highest BCUT2D eigenvalue weighted by molar-refractivity contribution is 5.77. The van der Waals surface area contributed by atoms with E-state index in [9.17, 15) is 9.90 Å². The molecule has 0 amide bonds. The van der Waals surface area contributed by atoms with Crippen molar-refractivity contribution in [1.82, 2.24) is 0 Å². The Morgan fingerprint density at radius 3 is 1.92 bits per heavy atom. The zero-order chi connectivity index (χ0) is 19.2. The van der Waals surface area contributed by atoms with Crippen molar-refractivity contribution in [3.05, 3.63) is 71.8 Å². The largest absolute Gasteiger partial charge is 0.481 e. The van der Waals surface area contributed by atoms with Crippen LogP contribution in [0.2, 0.25) is 0 Å². The van der Waals surface area contributed by atoms with Gasteiger partial charge < -0.3 is 5.11 Å². The minimum atomic E-state index is -0.718. The minimum absolute atomic E-state index is 0.253. The van der Waals surface area contributed by atoms with Gasteiger partial charge in [-0.25, -0.2) is 0 Å². The van der Waals surface area contributed by atoms with E-state index in [1.54, 1.807) is 0 Å². The summed E-state index contributed by atoms with van der Waals surface area (Å²) < 4.78 is 0. The SMILES string of the molecule is CC(C)CCC(Cc1ccccc1)(C(C)C)C(C(=O)O)c1ccccc1. The van der Waals surface area contributed by atoms with Crippen molar-refractivity contribution >= 4 is 5.97 Å². The Bertz CT molecular complexity index is 676. The van der Waals surface area contributed by atoms with Gasteiger partial charge in [0, 0.05) is 0 Å². The zero-order valence-electron chi connectivity index (χ0n) is 16.5. The van der Waals surface area contributed by atoms with E-state index in [2.05, 4.69) is 39.8 Å². The summed E-state index contributed by atoms with van der Waals surface area (Å²) in [6, 6.07) is 20.1. The molecular weight excluding hydrogens is 320 g/mol. The Morgan fingerprint density at radius 2 is 1.46 bits per heavy atom.